The van der Waals surface area contributed by atoms with Crippen molar-refractivity contribution in [2.75, 3.05) is 24.7 Å². The summed E-state index contributed by atoms with van der Waals surface area (Å²) in [7, 11) is 0. The molecule has 192 valence electrons. The Morgan fingerprint density at radius 1 is 1.19 bits per heavy atom. The van der Waals surface area contributed by atoms with Gasteiger partial charge in [0.2, 0.25) is 11.9 Å². The third-order valence-corrected chi connectivity index (χ3v) is 7.52. The van der Waals surface area contributed by atoms with Crippen molar-refractivity contribution in [2.24, 2.45) is 5.84 Å². The van der Waals surface area contributed by atoms with Crippen LogP contribution >= 0.6 is 11.6 Å². The van der Waals surface area contributed by atoms with Crippen LogP contribution in [0.1, 0.15) is 42.0 Å². The molecule has 0 radical (unpaired) electrons. The van der Waals surface area contributed by atoms with Crippen molar-refractivity contribution in [3.63, 3.8) is 0 Å². The number of hydrazine groups is 1. The quantitative estimate of drug-likeness (QED) is 0.109. The number of carbonyl (C=O) groups excluding carboxylic acids is 1. The van der Waals surface area contributed by atoms with Crippen LogP contribution in [0.25, 0.3) is 11.1 Å². The number of ether oxygens (including phenoxy) is 1. The fraction of sp³-hybridized carbons (Fsp3) is 0.321. The average molecular weight is 521 g/mol. The molecule has 5 rings (SSSR count). The zero-order chi connectivity index (χ0) is 25.9. The first kappa shape index (κ1) is 25.2. The fourth-order valence-corrected chi connectivity index (χ4v) is 5.26. The van der Waals surface area contributed by atoms with Gasteiger partial charge in [0.1, 0.15) is 12.4 Å². The van der Waals surface area contributed by atoms with Gasteiger partial charge in [-0.05, 0) is 54.2 Å². The van der Waals surface area contributed by atoms with Gasteiger partial charge in [-0.25, -0.2) is 5.84 Å². The number of carbonyl (C=O) groups is 1. The molecular formula is C28H31ClN5O3+. The molecule has 1 atom stereocenters. The summed E-state index contributed by atoms with van der Waals surface area (Å²) in [6, 6.07) is 17.5. The van der Waals surface area contributed by atoms with Crippen molar-refractivity contribution < 1.29 is 19.5 Å². The van der Waals surface area contributed by atoms with Crippen LogP contribution in [0.2, 0.25) is 5.02 Å². The van der Waals surface area contributed by atoms with E-state index in [-0.39, 0.29) is 12.0 Å². The Balaban J connectivity index is 1.28. The summed E-state index contributed by atoms with van der Waals surface area (Å²) < 4.78 is 6.49. The molecule has 2 aliphatic rings. The molecule has 9 heteroatoms. The minimum Gasteiger partial charge on any atom is -0.368 e. The SMILES string of the molecule is N=CN(N)c1ccc(Cl)cc1-c1ccc(Cc2cccc(C3CCN(C(=O)C4CCO4)CC3)c2)[n+](O)c1. The van der Waals surface area contributed by atoms with E-state index in [4.69, 9.17) is 27.6 Å². The van der Waals surface area contributed by atoms with E-state index in [1.165, 1.54) is 10.6 Å². The van der Waals surface area contributed by atoms with Crippen LogP contribution in [0.3, 0.4) is 0 Å². The summed E-state index contributed by atoms with van der Waals surface area (Å²) in [5, 5.41) is 20.0. The van der Waals surface area contributed by atoms with E-state index < -0.39 is 0 Å². The maximum atomic E-state index is 12.5. The van der Waals surface area contributed by atoms with Crippen molar-refractivity contribution >= 4 is 29.5 Å². The number of nitrogens with two attached hydrogens (primary N) is 1. The van der Waals surface area contributed by atoms with Crippen molar-refractivity contribution in [3.8, 4) is 11.1 Å². The second-order valence-electron chi connectivity index (χ2n) is 9.62. The highest BCUT2D eigenvalue weighted by Gasteiger charge is 2.33. The highest BCUT2D eigenvalue weighted by molar-refractivity contribution is 6.31. The number of amides is 1. The summed E-state index contributed by atoms with van der Waals surface area (Å²) in [5.41, 5.74) is 5.15. The van der Waals surface area contributed by atoms with Crippen molar-refractivity contribution in [2.45, 2.75) is 37.7 Å². The van der Waals surface area contributed by atoms with Crippen LogP contribution in [0.15, 0.2) is 60.8 Å². The van der Waals surface area contributed by atoms with Crippen molar-refractivity contribution in [1.82, 2.24) is 4.90 Å². The lowest BCUT2D eigenvalue weighted by Crippen LogP contribution is -2.48. The molecule has 3 aromatic rings. The maximum absolute atomic E-state index is 12.5. The number of anilines is 1. The maximum Gasteiger partial charge on any atom is 0.251 e. The number of likely N-dealkylation sites (tertiary alicyclic amines) is 1. The van der Waals surface area contributed by atoms with Crippen LogP contribution in [0.4, 0.5) is 5.69 Å². The molecule has 1 unspecified atom stereocenters. The molecule has 0 saturated carbocycles. The lowest BCUT2D eigenvalue weighted by Gasteiger charge is -2.36. The van der Waals surface area contributed by atoms with Gasteiger partial charge in [-0.1, -0.05) is 35.9 Å². The summed E-state index contributed by atoms with van der Waals surface area (Å²) in [6.45, 7) is 2.21. The topological polar surface area (TPSA) is 107 Å². The number of pyridine rings is 1. The Morgan fingerprint density at radius 3 is 2.65 bits per heavy atom. The van der Waals surface area contributed by atoms with Crippen molar-refractivity contribution in [3.05, 3.63) is 82.6 Å². The Bertz CT molecular complexity index is 1300. The second kappa shape index (κ2) is 10.9. The molecule has 4 N–H and O–H groups in total. The Labute approximate surface area is 221 Å². The minimum absolute atomic E-state index is 0.135. The summed E-state index contributed by atoms with van der Waals surface area (Å²) in [6.07, 6.45) is 5.69. The van der Waals surface area contributed by atoms with Gasteiger partial charge in [0.25, 0.3) is 5.91 Å². The predicted octanol–water partition coefficient (Wildman–Crippen LogP) is 3.90. The summed E-state index contributed by atoms with van der Waals surface area (Å²) >= 11 is 6.21. The van der Waals surface area contributed by atoms with E-state index in [9.17, 15) is 10.0 Å². The van der Waals surface area contributed by atoms with Crippen LogP contribution < -0.4 is 15.6 Å². The first-order valence-electron chi connectivity index (χ1n) is 12.5. The molecule has 1 amide bonds. The van der Waals surface area contributed by atoms with Gasteiger partial charge in [0.05, 0.1) is 24.3 Å². The number of benzene rings is 2. The standard InChI is InChI=1S/C28H31ClN5O3/c29-23-5-7-26(33(31)18-30)25(16-23)22-4-6-24(34(36)17-22)15-19-2-1-3-21(14-19)20-8-11-32(12-9-20)28(35)27-10-13-37-27/h1-7,14,16-18,20,27,30,36H,8-13,15,31H2/q+1. The molecule has 3 heterocycles. The highest BCUT2D eigenvalue weighted by atomic mass is 35.5. The molecule has 0 aliphatic carbocycles. The normalized spacial score (nSPS) is 17.8. The Kier molecular flexibility index (Phi) is 7.41. The Morgan fingerprint density at radius 2 is 1.97 bits per heavy atom. The zero-order valence-corrected chi connectivity index (χ0v) is 21.3. The zero-order valence-electron chi connectivity index (χ0n) is 20.5. The van der Waals surface area contributed by atoms with Gasteiger partial charge in [-0.15, -0.1) is 0 Å². The highest BCUT2D eigenvalue weighted by Crippen LogP contribution is 2.32. The number of hydrogen-bond donors (Lipinski definition) is 3. The molecule has 2 saturated heterocycles. The van der Waals surface area contributed by atoms with Gasteiger partial charge < -0.3 is 9.64 Å². The number of nitrogens with zero attached hydrogens (tertiary/aromatic N) is 3. The second-order valence-corrected chi connectivity index (χ2v) is 10.1. The number of halogens is 1. The van der Waals surface area contributed by atoms with E-state index in [1.807, 2.05) is 17.0 Å². The molecular weight excluding hydrogens is 490 g/mol. The third kappa shape index (κ3) is 5.46. The van der Waals surface area contributed by atoms with E-state index >= 15 is 0 Å². The number of hydrogen-bond acceptors (Lipinski definition) is 5. The molecule has 37 heavy (non-hydrogen) atoms. The average Bonchev–Trinajstić information content (AvgIpc) is 2.88. The molecule has 0 spiro atoms. The number of rotatable bonds is 7. The van der Waals surface area contributed by atoms with Gasteiger partial charge in [0, 0.05) is 40.9 Å². The number of aromatic nitrogens is 1. The molecule has 0 bridgehead atoms. The van der Waals surface area contributed by atoms with Crippen LogP contribution in [0.5, 0.6) is 0 Å². The van der Waals surface area contributed by atoms with Gasteiger partial charge in [0.15, 0.2) is 0 Å². The predicted molar refractivity (Wildman–Crippen MR) is 142 cm³/mol. The largest absolute Gasteiger partial charge is 0.368 e. The Hall–Kier alpha value is -3.46. The molecule has 2 aliphatic heterocycles. The van der Waals surface area contributed by atoms with E-state index in [0.717, 1.165) is 60.2 Å². The molecule has 2 aromatic carbocycles. The van der Waals surface area contributed by atoms with Gasteiger partial charge in [-0.3, -0.25) is 20.4 Å². The van der Waals surface area contributed by atoms with Crippen LogP contribution in [0, 0.1) is 5.41 Å². The first-order chi connectivity index (χ1) is 17.9. The number of piperidine rings is 1. The monoisotopic (exact) mass is 520 g/mol. The molecule has 2 fully saturated rings. The molecule has 8 nitrogen and oxygen atoms in total. The van der Waals surface area contributed by atoms with Crippen LogP contribution in [-0.4, -0.2) is 48.2 Å². The van der Waals surface area contributed by atoms with Crippen molar-refractivity contribution in [1.29, 1.82) is 5.41 Å². The summed E-state index contributed by atoms with van der Waals surface area (Å²) in [4.78, 5) is 14.4. The van der Waals surface area contributed by atoms with Crippen LogP contribution in [-0.2, 0) is 16.0 Å². The molecule has 1 aromatic heterocycles. The summed E-state index contributed by atoms with van der Waals surface area (Å²) in [5.74, 6) is 6.47. The van der Waals surface area contributed by atoms with E-state index in [1.54, 1.807) is 24.4 Å². The van der Waals surface area contributed by atoms with Gasteiger partial charge in [-0.2, -0.15) is 0 Å². The fourth-order valence-electron chi connectivity index (χ4n) is 5.09. The first-order valence-corrected chi connectivity index (χ1v) is 12.9. The minimum atomic E-state index is -0.229. The van der Waals surface area contributed by atoms with E-state index in [2.05, 4.69) is 24.3 Å². The van der Waals surface area contributed by atoms with E-state index in [0.29, 0.717) is 35.2 Å². The third-order valence-electron chi connectivity index (χ3n) is 7.29. The van der Waals surface area contributed by atoms with Gasteiger partial charge >= 0.3 is 0 Å². The smallest absolute Gasteiger partial charge is 0.251 e. The number of nitrogens with one attached hydrogen (secondary N) is 1. The lowest BCUT2D eigenvalue weighted by atomic mass is 9.88. The lowest BCUT2D eigenvalue weighted by molar-refractivity contribution is -0.909.